The molecule has 1 aliphatic carbocycles. The van der Waals surface area contributed by atoms with E-state index in [-0.39, 0.29) is 18.4 Å². The molecule has 0 spiro atoms. The van der Waals surface area contributed by atoms with Crippen LogP contribution in [0, 0.1) is 5.92 Å². The van der Waals surface area contributed by atoms with Gasteiger partial charge < -0.3 is 24.6 Å². The molecule has 0 unspecified atom stereocenters. The average Bonchev–Trinajstić information content (AvgIpc) is 2.75. The third-order valence-corrected chi connectivity index (χ3v) is 6.43. The van der Waals surface area contributed by atoms with Crippen molar-refractivity contribution in [3.05, 3.63) is 24.3 Å². The molecule has 3 aliphatic rings. The molecule has 4 rings (SSSR count). The van der Waals surface area contributed by atoms with Crippen molar-refractivity contribution >= 4 is 11.8 Å². The van der Waals surface area contributed by atoms with Gasteiger partial charge in [-0.1, -0.05) is 31.9 Å². The Bertz CT molecular complexity index is 733. The highest BCUT2D eigenvalue weighted by molar-refractivity contribution is 5.82. The van der Waals surface area contributed by atoms with Gasteiger partial charge in [-0.15, -0.1) is 0 Å². The topological polar surface area (TPSA) is 72.3 Å². The van der Waals surface area contributed by atoms with E-state index in [1.54, 1.807) is 0 Å². The number of para-hydroxylation sites is 2. The Hall–Kier alpha value is -2.28. The number of carbonyl (C=O) groups excluding carboxylic acids is 2. The number of benzene rings is 1. The van der Waals surface area contributed by atoms with Crippen LogP contribution in [0.15, 0.2) is 24.3 Å². The second-order valence-electron chi connectivity index (χ2n) is 8.55. The fourth-order valence-corrected chi connectivity index (χ4v) is 4.58. The lowest BCUT2D eigenvalue weighted by Crippen LogP contribution is -3.16. The molecule has 2 aliphatic heterocycles. The summed E-state index contributed by atoms with van der Waals surface area (Å²) in [6, 6.07) is 7.75. The number of hydrogen-bond acceptors (Lipinski definition) is 4. The average molecular weight is 403 g/mol. The summed E-state index contributed by atoms with van der Waals surface area (Å²) in [5.41, 5.74) is 0. The molecule has 1 aromatic carbocycles. The molecule has 2 heterocycles. The first-order chi connectivity index (χ1) is 14.1. The standard InChI is InChI=1S/C22H31N3O4/c1-16-6-2-3-7-17(16)23-21(26)14-24-10-12-25(13-11-24)22(27)20-15-28-18-8-4-5-9-19(18)29-20/h4-5,8-9,16-17,20H,2-3,6-7,10-15H2,1H3,(H,23,26)/p+1/t16-,17+,20+/m1/s1. The third kappa shape index (κ3) is 4.83. The number of nitrogens with one attached hydrogen (secondary N) is 2. The fraction of sp³-hybridized carbons (Fsp3) is 0.636. The van der Waals surface area contributed by atoms with Gasteiger partial charge in [0.05, 0.1) is 26.2 Å². The smallest absolute Gasteiger partial charge is 0.275 e. The number of rotatable bonds is 4. The minimum atomic E-state index is -0.595. The highest BCUT2D eigenvalue weighted by Gasteiger charge is 2.34. The van der Waals surface area contributed by atoms with Crippen molar-refractivity contribution in [3.8, 4) is 11.5 Å². The Balaban J connectivity index is 1.22. The molecular formula is C22H32N3O4+. The molecule has 0 aromatic heterocycles. The van der Waals surface area contributed by atoms with Crippen LogP contribution in [0.5, 0.6) is 11.5 Å². The van der Waals surface area contributed by atoms with Gasteiger partial charge in [0.2, 0.25) is 6.10 Å². The number of amides is 2. The first kappa shape index (κ1) is 20.0. The van der Waals surface area contributed by atoms with Crippen molar-refractivity contribution < 1.29 is 24.0 Å². The van der Waals surface area contributed by atoms with Crippen molar-refractivity contribution in [1.29, 1.82) is 0 Å². The first-order valence-electron chi connectivity index (χ1n) is 10.9. The molecular weight excluding hydrogens is 370 g/mol. The first-order valence-corrected chi connectivity index (χ1v) is 10.9. The normalized spacial score (nSPS) is 27.3. The Morgan fingerprint density at radius 3 is 2.62 bits per heavy atom. The van der Waals surface area contributed by atoms with Gasteiger partial charge in [-0.2, -0.15) is 0 Å². The van der Waals surface area contributed by atoms with E-state index in [2.05, 4.69) is 12.2 Å². The van der Waals surface area contributed by atoms with Crippen LogP contribution in [-0.2, 0) is 9.59 Å². The van der Waals surface area contributed by atoms with Crippen LogP contribution in [0.25, 0.3) is 0 Å². The Labute approximate surface area is 172 Å². The van der Waals surface area contributed by atoms with Crippen molar-refractivity contribution in [2.45, 2.75) is 44.8 Å². The van der Waals surface area contributed by atoms with E-state index in [4.69, 9.17) is 9.47 Å². The second-order valence-corrected chi connectivity index (χ2v) is 8.55. The molecule has 3 atom stereocenters. The van der Waals surface area contributed by atoms with Crippen molar-refractivity contribution in [1.82, 2.24) is 10.2 Å². The quantitative estimate of drug-likeness (QED) is 0.757. The molecule has 1 aromatic rings. The Morgan fingerprint density at radius 2 is 1.86 bits per heavy atom. The molecule has 2 amide bonds. The maximum atomic E-state index is 12.8. The summed E-state index contributed by atoms with van der Waals surface area (Å²) in [6.07, 6.45) is 4.19. The molecule has 7 heteroatoms. The minimum Gasteiger partial charge on any atom is -0.485 e. The highest BCUT2D eigenvalue weighted by atomic mass is 16.6. The lowest BCUT2D eigenvalue weighted by molar-refractivity contribution is -0.896. The molecule has 0 radical (unpaired) electrons. The predicted molar refractivity (Wildman–Crippen MR) is 108 cm³/mol. The summed E-state index contributed by atoms with van der Waals surface area (Å²) in [6.45, 7) is 5.81. The Kier molecular flexibility index (Phi) is 6.23. The van der Waals surface area contributed by atoms with Gasteiger partial charge in [-0.3, -0.25) is 9.59 Å². The van der Waals surface area contributed by atoms with E-state index in [9.17, 15) is 9.59 Å². The number of piperazine rings is 1. The number of ether oxygens (including phenoxy) is 2. The number of fused-ring (bicyclic) bond motifs is 1. The van der Waals surface area contributed by atoms with Crippen LogP contribution >= 0.6 is 0 Å². The van der Waals surface area contributed by atoms with Gasteiger partial charge in [0.1, 0.15) is 6.61 Å². The molecule has 0 bridgehead atoms. The van der Waals surface area contributed by atoms with Crippen LogP contribution in [0.2, 0.25) is 0 Å². The summed E-state index contributed by atoms with van der Waals surface area (Å²) >= 11 is 0. The number of hydrogen-bond donors (Lipinski definition) is 2. The SMILES string of the molecule is C[C@@H]1CCCC[C@@H]1NC(=O)C[NH+]1CCN(C(=O)[C@@H]2COc3ccccc3O2)CC1. The molecule has 158 valence electrons. The van der Waals surface area contributed by atoms with Crippen molar-refractivity contribution in [2.24, 2.45) is 5.92 Å². The lowest BCUT2D eigenvalue weighted by atomic mass is 9.86. The van der Waals surface area contributed by atoms with Gasteiger partial charge in [-0.05, 0) is 30.9 Å². The van der Waals surface area contributed by atoms with E-state index in [1.807, 2.05) is 29.2 Å². The van der Waals surface area contributed by atoms with Crippen LogP contribution in [0.3, 0.4) is 0 Å². The maximum Gasteiger partial charge on any atom is 0.275 e. The van der Waals surface area contributed by atoms with Gasteiger partial charge in [0.15, 0.2) is 18.0 Å². The third-order valence-electron chi connectivity index (χ3n) is 6.43. The zero-order valence-electron chi connectivity index (χ0n) is 17.2. The van der Waals surface area contributed by atoms with E-state index in [0.29, 0.717) is 43.1 Å². The van der Waals surface area contributed by atoms with E-state index in [0.717, 1.165) is 19.5 Å². The molecule has 29 heavy (non-hydrogen) atoms. The number of nitrogens with zero attached hydrogens (tertiary/aromatic N) is 1. The summed E-state index contributed by atoms with van der Waals surface area (Å²) in [5, 5.41) is 3.23. The van der Waals surface area contributed by atoms with E-state index < -0.39 is 6.10 Å². The van der Waals surface area contributed by atoms with Gasteiger partial charge in [0, 0.05) is 6.04 Å². The summed E-state index contributed by atoms with van der Waals surface area (Å²) < 4.78 is 11.5. The van der Waals surface area contributed by atoms with Crippen LogP contribution in [-0.4, -0.2) is 68.2 Å². The molecule has 1 saturated carbocycles. The maximum absolute atomic E-state index is 12.8. The van der Waals surface area contributed by atoms with Gasteiger partial charge in [0.25, 0.3) is 11.8 Å². The zero-order chi connectivity index (χ0) is 20.2. The van der Waals surface area contributed by atoms with Crippen molar-refractivity contribution in [3.63, 3.8) is 0 Å². The summed E-state index contributed by atoms with van der Waals surface area (Å²) in [4.78, 5) is 28.4. The molecule has 7 nitrogen and oxygen atoms in total. The highest BCUT2D eigenvalue weighted by Crippen LogP contribution is 2.31. The molecule has 1 saturated heterocycles. The van der Waals surface area contributed by atoms with Gasteiger partial charge in [-0.25, -0.2) is 0 Å². The largest absolute Gasteiger partial charge is 0.485 e. The van der Waals surface area contributed by atoms with Crippen LogP contribution in [0.4, 0.5) is 0 Å². The van der Waals surface area contributed by atoms with Gasteiger partial charge >= 0.3 is 0 Å². The second kappa shape index (κ2) is 9.03. The zero-order valence-corrected chi connectivity index (χ0v) is 17.2. The van der Waals surface area contributed by atoms with E-state index >= 15 is 0 Å². The summed E-state index contributed by atoms with van der Waals surface area (Å²) in [5.74, 6) is 1.98. The Morgan fingerprint density at radius 1 is 1.14 bits per heavy atom. The van der Waals surface area contributed by atoms with E-state index in [1.165, 1.54) is 24.2 Å². The lowest BCUT2D eigenvalue weighted by Gasteiger charge is -2.35. The predicted octanol–water partition coefficient (Wildman–Crippen LogP) is 0.248. The number of carbonyl (C=O) groups is 2. The minimum absolute atomic E-state index is 0.0287. The number of quaternary nitrogens is 1. The van der Waals surface area contributed by atoms with Crippen LogP contribution in [0.1, 0.15) is 32.6 Å². The van der Waals surface area contributed by atoms with Crippen LogP contribution < -0.4 is 19.7 Å². The monoisotopic (exact) mass is 402 g/mol. The summed E-state index contributed by atoms with van der Waals surface area (Å²) in [7, 11) is 0. The fourth-order valence-electron chi connectivity index (χ4n) is 4.58. The molecule has 2 N–H and O–H groups in total. The van der Waals surface area contributed by atoms with Crippen molar-refractivity contribution in [2.75, 3.05) is 39.3 Å². The molecule has 2 fully saturated rings.